The molecule has 0 atom stereocenters. The van der Waals surface area contributed by atoms with E-state index >= 15 is 0 Å². The number of unbranched alkanes of at least 4 members (excludes halogenated alkanes) is 2. The molecule has 1 rings (SSSR count). The molecular weight excluding hydrogens is 334 g/mol. The van der Waals surface area contributed by atoms with Gasteiger partial charge in [-0.3, -0.25) is 9.59 Å². The number of carboxylic acids is 1. The predicted octanol–water partition coefficient (Wildman–Crippen LogP) is 3.48. The lowest BCUT2D eigenvalue weighted by atomic mass is 10.2. The summed E-state index contributed by atoms with van der Waals surface area (Å²) in [6.07, 6.45) is 2.38. The minimum absolute atomic E-state index is 0.157. The smallest absolute Gasteiger partial charge is 0.303 e. The molecule has 1 aromatic rings. The van der Waals surface area contributed by atoms with Gasteiger partial charge in [-0.2, -0.15) is 0 Å². The predicted molar refractivity (Wildman–Crippen MR) is 77.6 cm³/mol. The molecule has 1 aromatic carbocycles. The normalized spacial score (nSPS) is 10.2. The van der Waals surface area contributed by atoms with Gasteiger partial charge in [-0.15, -0.1) is 0 Å². The fourth-order valence-corrected chi connectivity index (χ4v) is 2.02. The lowest BCUT2D eigenvalue weighted by Crippen LogP contribution is -2.24. The van der Waals surface area contributed by atoms with Gasteiger partial charge in [0.25, 0.3) is 5.91 Å². The highest BCUT2D eigenvalue weighted by atomic mass is 79.9. The Kier molecular flexibility index (Phi) is 6.87. The van der Waals surface area contributed by atoms with Crippen molar-refractivity contribution in [3.05, 3.63) is 33.3 Å². The fourth-order valence-electron chi connectivity index (χ4n) is 1.52. The van der Waals surface area contributed by atoms with Crippen molar-refractivity contribution in [3.63, 3.8) is 0 Å². The van der Waals surface area contributed by atoms with Crippen molar-refractivity contribution >= 4 is 39.4 Å². The third kappa shape index (κ3) is 6.07. The van der Waals surface area contributed by atoms with Crippen LogP contribution in [0.25, 0.3) is 0 Å². The van der Waals surface area contributed by atoms with Crippen molar-refractivity contribution in [2.75, 3.05) is 6.54 Å². The maximum absolute atomic E-state index is 11.8. The molecule has 0 aliphatic carbocycles. The standard InChI is InChI=1S/C13H15BrClNO3/c14-10-8-9(5-6-11(10)15)13(19)16-7-3-1-2-4-12(17)18/h5-6,8H,1-4,7H2,(H,16,19)(H,17,18). The molecule has 0 saturated heterocycles. The molecule has 4 nitrogen and oxygen atoms in total. The van der Waals surface area contributed by atoms with Gasteiger partial charge in [-0.05, 0) is 47.0 Å². The molecule has 1 amide bonds. The average molecular weight is 349 g/mol. The zero-order valence-electron chi connectivity index (χ0n) is 10.3. The fraction of sp³-hybridized carbons (Fsp3) is 0.385. The first-order valence-corrected chi connectivity index (χ1v) is 7.13. The Morgan fingerprint density at radius 3 is 2.63 bits per heavy atom. The lowest BCUT2D eigenvalue weighted by Gasteiger charge is -2.06. The first kappa shape index (κ1) is 16.0. The van der Waals surface area contributed by atoms with Crippen molar-refractivity contribution in [1.29, 1.82) is 0 Å². The van der Waals surface area contributed by atoms with Crippen molar-refractivity contribution in [2.24, 2.45) is 0 Å². The second kappa shape index (κ2) is 8.17. The molecule has 0 spiro atoms. The van der Waals surface area contributed by atoms with Crippen molar-refractivity contribution in [2.45, 2.75) is 25.7 Å². The molecule has 0 unspecified atom stereocenters. The van der Waals surface area contributed by atoms with Crippen LogP contribution >= 0.6 is 27.5 Å². The maximum atomic E-state index is 11.8. The van der Waals surface area contributed by atoms with Crippen molar-refractivity contribution < 1.29 is 14.7 Å². The van der Waals surface area contributed by atoms with E-state index in [2.05, 4.69) is 21.2 Å². The summed E-state index contributed by atoms with van der Waals surface area (Å²) in [6, 6.07) is 4.99. The van der Waals surface area contributed by atoms with E-state index in [0.29, 0.717) is 28.0 Å². The molecule has 0 aliphatic rings. The maximum Gasteiger partial charge on any atom is 0.303 e. The first-order chi connectivity index (χ1) is 9.00. The Hall–Kier alpha value is -1.07. The van der Waals surface area contributed by atoms with E-state index < -0.39 is 5.97 Å². The summed E-state index contributed by atoms with van der Waals surface area (Å²) in [7, 11) is 0. The SMILES string of the molecule is O=C(O)CCCCCNC(=O)c1ccc(Cl)c(Br)c1. The molecule has 0 saturated carbocycles. The van der Waals surface area contributed by atoms with Gasteiger partial charge in [-0.25, -0.2) is 0 Å². The van der Waals surface area contributed by atoms with E-state index in [4.69, 9.17) is 16.7 Å². The summed E-state index contributed by atoms with van der Waals surface area (Å²) in [5.41, 5.74) is 0.543. The van der Waals surface area contributed by atoms with Gasteiger partial charge in [0.15, 0.2) is 0 Å². The van der Waals surface area contributed by atoms with Crippen LogP contribution in [0.5, 0.6) is 0 Å². The third-order valence-electron chi connectivity index (χ3n) is 2.53. The second-order valence-corrected chi connectivity index (χ2v) is 5.35. The highest BCUT2D eigenvalue weighted by Crippen LogP contribution is 2.23. The van der Waals surface area contributed by atoms with Gasteiger partial charge in [0, 0.05) is 23.0 Å². The molecule has 0 fully saturated rings. The summed E-state index contributed by atoms with van der Waals surface area (Å²) in [6.45, 7) is 0.540. The van der Waals surface area contributed by atoms with Crippen LogP contribution in [0.2, 0.25) is 5.02 Å². The van der Waals surface area contributed by atoms with Gasteiger partial charge in [0.2, 0.25) is 0 Å². The summed E-state index contributed by atoms with van der Waals surface area (Å²) >= 11 is 9.11. The first-order valence-electron chi connectivity index (χ1n) is 5.95. The minimum Gasteiger partial charge on any atom is -0.481 e. The third-order valence-corrected chi connectivity index (χ3v) is 3.75. The monoisotopic (exact) mass is 347 g/mol. The zero-order valence-corrected chi connectivity index (χ0v) is 12.6. The number of nitrogens with one attached hydrogen (secondary N) is 1. The molecule has 19 heavy (non-hydrogen) atoms. The van der Waals surface area contributed by atoms with Crippen LogP contribution in [0.15, 0.2) is 22.7 Å². The topological polar surface area (TPSA) is 66.4 Å². The van der Waals surface area contributed by atoms with Crippen LogP contribution < -0.4 is 5.32 Å². The Morgan fingerprint density at radius 2 is 2.00 bits per heavy atom. The Labute approximate surface area is 125 Å². The molecule has 0 aliphatic heterocycles. The number of hydrogen-bond donors (Lipinski definition) is 2. The van der Waals surface area contributed by atoms with Gasteiger partial charge in [-0.1, -0.05) is 18.0 Å². The van der Waals surface area contributed by atoms with E-state index in [1.165, 1.54) is 0 Å². The summed E-state index contributed by atoms with van der Waals surface area (Å²) in [5, 5.41) is 11.8. The molecule has 0 bridgehead atoms. The number of carbonyl (C=O) groups is 2. The number of amides is 1. The van der Waals surface area contributed by atoms with E-state index in [-0.39, 0.29) is 12.3 Å². The summed E-state index contributed by atoms with van der Waals surface area (Å²) in [5.74, 6) is -0.939. The molecule has 104 valence electrons. The van der Waals surface area contributed by atoms with E-state index in [9.17, 15) is 9.59 Å². The van der Waals surface area contributed by atoms with Crippen LogP contribution in [0.1, 0.15) is 36.0 Å². The van der Waals surface area contributed by atoms with Crippen LogP contribution in [-0.4, -0.2) is 23.5 Å². The average Bonchev–Trinajstić information content (AvgIpc) is 2.36. The van der Waals surface area contributed by atoms with Gasteiger partial charge >= 0.3 is 5.97 Å². The number of rotatable bonds is 7. The van der Waals surface area contributed by atoms with Gasteiger partial charge in [0.1, 0.15) is 0 Å². The molecule has 0 aromatic heterocycles. The number of halogens is 2. The lowest BCUT2D eigenvalue weighted by molar-refractivity contribution is -0.137. The van der Waals surface area contributed by atoms with Crippen LogP contribution in [0, 0.1) is 0 Å². The zero-order chi connectivity index (χ0) is 14.3. The summed E-state index contributed by atoms with van der Waals surface area (Å²) in [4.78, 5) is 22.1. The van der Waals surface area contributed by atoms with Crippen molar-refractivity contribution in [3.8, 4) is 0 Å². The number of carbonyl (C=O) groups excluding carboxylic acids is 1. The summed E-state index contributed by atoms with van der Waals surface area (Å²) < 4.78 is 0.684. The van der Waals surface area contributed by atoms with Crippen LogP contribution in [0.3, 0.4) is 0 Å². The number of benzene rings is 1. The number of hydrogen-bond acceptors (Lipinski definition) is 2. The molecule has 0 heterocycles. The number of aliphatic carboxylic acids is 1. The Balaban J connectivity index is 2.27. The van der Waals surface area contributed by atoms with Gasteiger partial charge < -0.3 is 10.4 Å². The van der Waals surface area contributed by atoms with Crippen LogP contribution in [-0.2, 0) is 4.79 Å². The van der Waals surface area contributed by atoms with Crippen molar-refractivity contribution in [1.82, 2.24) is 5.32 Å². The van der Waals surface area contributed by atoms with Crippen LogP contribution in [0.4, 0.5) is 0 Å². The van der Waals surface area contributed by atoms with E-state index in [1.54, 1.807) is 18.2 Å². The molecular formula is C13H15BrClNO3. The molecule has 6 heteroatoms. The van der Waals surface area contributed by atoms with E-state index in [0.717, 1.165) is 12.8 Å². The Bertz CT molecular complexity index is 465. The Morgan fingerprint density at radius 1 is 1.26 bits per heavy atom. The molecule has 0 radical (unpaired) electrons. The highest BCUT2D eigenvalue weighted by molar-refractivity contribution is 9.10. The minimum atomic E-state index is -0.782. The van der Waals surface area contributed by atoms with E-state index in [1.807, 2.05) is 0 Å². The highest BCUT2D eigenvalue weighted by Gasteiger charge is 2.07. The van der Waals surface area contributed by atoms with Gasteiger partial charge in [0.05, 0.1) is 5.02 Å². The quantitative estimate of drug-likeness (QED) is 0.741. The second-order valence-electron chi connectivity index (χ2n) is 4.09. The largest absolute Gasteiger partial charge is 0.481 e. The number of carboxylic acid groups (broad SMARTS) is 1. The molecule has 2 N–H and O–H groups in total.